The molecular weight excluding hydrogens is 326 g/mol. The molecule has 130 valence electrons. The molecule has 0 aromatic heterocycles. The maximum Gasteiger partial charge on any atom is 0.270 e. The molecule has 0 aliphatic carbocycles. The third-order valence-corrected chi connectivity index (χ3v) is 4.57. The van der Waals surface area contributed by atoms with Crippen molar-refractivity contribution in [1.82, 2.24) is 4.90 Å². The van der Waals surface area contributed by atoms with Crippen LogP contribution in [-0.2, 0) is 4.79 Å². The monoisotopic (exact) mass is 342 g/mol. The Kier molecular flexibility index (Phi) is 4.12. The largest absolute Gasteiger partial charge is 0.479 e. The van der Waals surface area contributed by atoms with E-state index in [0.717, 1.165) is 6.07 Å². The molecule has 0 radical (unpaired) electrons. The Morgan fingerprint density at radius 3 is 2.67 bits per heavy atom. The molecule has 2 atom stereocenters. The van der Waals surface area contributed by atoms with Crippen LogP contribution in [0.15, 0.2) is 18.2 Å². The van der Waals surface area contributed by atoms with Gasteiger partial charge in [0, 0.05) is 30.7 Å². The minimum atomic E-state index is -2.13. The molecule has 0 saturated carbocycles. The van der Waals surface area contributed by atoms with Crippen molar-refractivity contribution in [2.24, 2.45) is 0 Å². The lowest BCUT2D eigenvalue weighted by Gasteiger charge is -2.45. The first kappa shape index (κ1) is 16.6. The second-order valence-corrected chi connectivity index (χ2v) is 5.99. The van der Waals surface area contributed by atoms with Crippen LogP contribution >= 0.6 is 0 Å². The van der Waals surface area contributed by atoms with E-state index in [2.05, 4.69) is 0 Å². The Balaban J connectivity index is 2.15. The lowest BCUT2D eigenvalue weighted by atomic mass is 9.84. The maximum absolute atomic E-state index is 13.5. The number of hydrogen-bond acceptors (Lipinski definition) is 5. The third-order valence-electron chi connectivity index (χ3n) is 4.57. The Hall–Kier alpha value is -2.29. The Labute approximate surface area is 136 Å². The summed E-state index contributed by atoms with van der Waals surface area (Å²) in [5.74, 6) is -0.240. The number of amides is 1. The number of nitro benzene ring substituents is 1. The zero-order valence-corrected chi connectivity index (χ0v) is 12.7. The number of rotatable bonds is 4. The van der Waals surface area contributed by atoms with Gasteiger partial charge in [0.15, 0.2) is 5.60 Å². The molecule has 7 nitrogen and oxygen atoms in total. The molecule has 1 saturated heterocycles. The molecular formula is C15H16F2N2O5. The average Bonchev–Trinajstić information content (AvgIpc) is 2.99. The SMILES string of the molecule is O=C1CCCN1[C@H]1c2cc([N+](=O)[O-])ccc2OC(CF)(CF)[C@@H]1O. The summed E-state index contributed by atoms with van der Waals surface area (Å²) in [6, 6.07) is 2.48. The number of hydrogen-bond donors (Lipinski definition) is 1. The van der Waals surface area contributed by atoms with Crippen LogP contribution in [0.5, 0.6) is 5.75 Å². The van der Waals surface area contributed by atoms with Gasteiger partial charge in [-0.1, -0.05) is 0 Å². The number of fused-ring (bicyclic) bond motifs is 1. The van der Waals surface area contributed by atoms with Gasteiger partial charge in [-0.05, 0) is 12.5 Å². The average molecular weight is 342 g/mol. The van der Waals surface area contributed by atoms with Crippen LogP contribution in [0.2, 0.25) is 0 Å². The fraction of sp³-hybridized carbons (Fsp3) is 0.533. The zero-order chi connectivity index (χ0) is 17.5. The number of carbonyl (C=O) groups excluding carboxylic acids is 1. The Morgan fingerprint density at radius 2 is 2.12 bits per heavy atom. The first-order valence-corrected chi connectivity index (χ1v) is 7.50. The van der Waals surface area contributed by atoms with Gasteiger partial charge in [0.2, 0.25) is 5.91 Å². The van der Waals surface area contributed by atoms with Crippen LogP contribution in [-0.4, -0.2) is 52.4 Å². The van der Waals surface area contributed by atoms with Crippen molar-refractivity contribution in [3.8, 4) is 5.75 Å². The number of nitrogens with zero attached hydrogens (tertiary/aromatic N) is 2. The summed E-state index contributed by atoms with van der Waals surface area (Å²) in [5.41, 5.74) is -2.20. The van der Waals surface area contributed by atoms with E-state index in [1.807, 2.05) is 0 Å². The molecule has 24 heavy (non-hydrogen) atoms. The van der Waals surface area contributed by atoms with Gasteiger partial charge < -0.3 is 14.7 Å². The smallest absolute Gasteiger partial charge is 0.270 e. The summed E-state index contributed by atoms with van der Waals surface area (Å²) < 4.78 is 32.3. The number of nitro groups is 1. The van der Waals surface area contributed by atoms with Crippen LogP contribution in [0.4, 0.5) is 14.5 Å². The molecule has 0 unspecified atom stereocenters. The standard InChI is InChI=1S/C15H16F2N2O5/c16-7-15(8-17)14(21)13(18-5-1-2-12(18)20)10-6-9(19(22)23)3-4-11(10)24-15/h3-4,6,13-14,21H,1-2,5,7-8H2/t13-,14+/m0/s1. The highest BCUT2D eigenvalue weighted by Gasteiger charge is 2.53. The van der Waals surface area contributed by atoms with Gasteiger partial charge >= 0.3 is 0 Å². The molecule has 1 amide bonds. The summed E-state index contributed by atoms with van der Waals surface area (Å²) >= 11 is 0. The fourth-order valence-corrected chi connectivity index (χ4v) is 3.26. The van der Waals surface area contributed by atoms with Crippen LogP contribution in [0, 0.1) is 10.1 Å². The van der Waals surface area contributed by atoms with E-state index in [1.54, 1.807) is 0 Å². The molecule has 9 heteroatoms. The summed E-state index contributed by atoms with van der Waals surface area (Å²) in [6.07, 6.45) is -0.873. The van der Waals surface area contributed by atoms with Gasteiger partial charge in [-0.2, -0.15) is 0 Å². The number of halogens is 2. The van der Waals surface area contributed by atoms with Gasteiger partial charge in [0.1, 0.15) is 25.2 Å². The lowest BCUT2D eigenvalue weighted by Crippen LogP contribution is -2.60. The van der Waals surface area contributed by atoms with Crippen molar-refractivity contribution in [2.45, 2.75) is 30.6 Å². The number of benzene rings is 1. The first-order valence-electron chi connectivity index (χ1n) is 7.50. The van der Waals surface area contributed by atoms with E-state index in [9.17, 15) is 28.8 Å². The van der Waals surface area contributed by atoms with Crippen molar-refractivity contribution in [3.05, 3.63) is 33.9 Å². The second kappa shape index (κ2) is 5.97. The molecule has 3 rings (SSSR count). The second-order valence-electron chi connectivity index (χ2n) is 5.99. The van der Waals surface area contributed by atoms with E-state index >= 15 is 0 Å². The molecule has 2 aliphatic rings. The number of non-ortho nitro benzene ring substituents is 1. The van der Waals surface area contributed by atoms with Gasteiger partial charge in [-0.25, -0.2) is 8.78 Å². The lowest BCUT2D eigenvalue weighted by molar-refractivity contribution is -0.385. The molecule has 2 aliphatic heterocycles. The predicted octanol–water partition coefficient (Wildman–Crippen LogP) is 1.69. The first-order chi connectivity index (χ1) is 11.4. The van der Waals surface area contributed by atoms with E-state index < -0.39 is 36.0 Å². The van der Waals surface area contributed by atoms with Crippen LogP contribution < -0.4 is 4.74 Å². The quantitative estimate of drug-likeness (QED) is 0.664. The number of likely N-dealkylation sites (tertiary alicyclic amines) is 1. The molecule has 0 bridgehead atoms. The summed E-state index contributed by atoms with van der Waals surface area (Å²) in [4.78, 5) is 23.8. The number of carbonyl (C=O) groups is 1. The summed E-state index contributed by atoms with van der Waals surface area (Å²) in [7, 11) is 0. The minimum Gasteiger partial charge on any atom is -0.479 e. The highest BCUT2D eigenvalue weighted by atomic mass is 19.1. The molecule has 2 heterocycles. The van der Waals surface area contributed by atoms with Gasteiger partial charge in [0.25, 0.3) is 5.69 Å². The number of alkyl halides is 2. The highest BCUT2D eigenvalue weighted by Crippen LogP contribution is 2.45. The Morgan fingerprint density at radius 1 is 1.42 bits per heavy atom. The van der Waals surface area contributed by atoms with Crippen molar-refractivity contribution >= 4 is 11.6 Å². The molecule has 1 aromatic rings. The van der Waals surface area contributed by atoms with Crippen LogP contribution in [0.3, 0.4) is 0 Å². The topological polar surface area (TPSA) is 92.9 Å². The normalized spacial score (nSPS) is 25.3. The molecule has 1 aromatic carbocycles. The van der Waals surface area contributed by atoms with Gasteiger partial charge in [-0.3, -0.25) is 14.9 Å². The highest BCUT2D eigenvalue weighted by molar-refractivity contribution is 5.79. The predicted molar refractivity (Wildman–Crippen MR) is 78.1 cm³/mol. The Bertz CT molecular complexity index is 680. The zero-order valence-electron chi connectivity index (χ0n) is 12.7. The number of aliphatic hydroxyl groups excluding tert-OH is 1. The van der Waals surface area contributed by atoms with E-state index in [0.29, 0.717) is 13.0 Å². The van der Waals surface area contributed by atoms with Crippen molar-refractivity contribution in [2.75, 3.05) is 19.9 Å². The van der Waals surface area contributed by atoms with E-state index in [-0.39, 0.29) is 29.3 Å². The summed E-state index contributed by atoms with van der Waals surface area (Å²) in [5, 5.41) is 21.6. The van der Waals surface area contributed by atoms with Crippen molar-refractivity contribution < 1.29 is 28.3 Å². The molecule has 0 spiro atoms. The van der Waals surface area contributed by atoms with Gasteiger partial charge in [0.05, 0.1) is 11.0 Å². The van der Waals surface area contributed by atoms with Crippen molar-refractivity contribution in [3.63, 3.8) is 0 Å². The fourth-order valence-electron chi connectivity index (χ4n) is 3.26. The number of ether oxygens (including phenoxy) is 1. The number of aliphatic hydroxyl groups is 1. The summed E-state index contributed by atoms with van der Waals surface area (Å²) in [6.45, 7) is -2.28. The van der Waals surface area contributed by atoms with Crippen molar-refractivity contribution in [1.29, 1.82) is 0 Å². The van der Waals surface area contributed by atoms with E-state index in [4.69, 9.17) is 4.74 Å². The van der Waals surface area contributed by atoms with Crippen LogP contribution in [0.1, 0.15) is 24.4 Å². The molecule has 1 fully saturated rings. The maximum atomic E-state index is 13.5. The molecule has 1 N–H and O–H groups in total. The minimum absolute atomic E-state index is 0.0332. The van der Waals surface area contributed by atoms with E-state index in [1.165, 1.54) is 17.0 Å². The third kappa shape index (κ3) is 2.39. The van der Waals surface area contributed by atoms with Gasteiger partial charge in [-0.15, -0.1) is 0 Å². The van der Waals surface area contributed by atoms with Crippen LogP contribution in [0.25, 0.3) is 0 Å².